The van der Waals surface area contributed by atoms with E-state index in [2.05, 4.69) is 21.7 Å². The Hall–Kier alpha value is -1.01. The first kappa shape index (κ1) is 20.7. The van der Waals surface area contributed by atoms with Gasteiger partial charge in [-0.1, -0.05) is 18.2 Å². The van der Waals surface area contributed by atoms with Crippen LogP contribution in [-0.2, 0) is 11.3 Å². The van der Waals surface area contributed by atoms with E-state index in [0.29, 0.717) is 6.04 Å². The second-order valence-corrected chi connectivity index (χ2v) is 8.33. The maximum atomic E-state index is 13.9. The Morgan fingerprint density at radius 3 is 2.44 bits per heavy atom. The summed E-state index contributed by atoms with van der Waals surface area (Å²) >= 11 is 0. The van der Waals surface area contributed by atoms with Crippen LogP contribution in [0.25, 0.3) is 0 Å². The molecule has 0 bridgehead atoms. The van der Waals surface area contributed by atoms with Gasteiger partial charge in [0.2, 0.25) is 0 Å². The smallest absolute Gasteiger partial charge is 0.127 e. The monoisotopic (exact) mass is 377 g/mol. The molecule has 0 amide bonds. The second-order valence-electron chi connectivity index (χ2n) is 8.33. The van der Waals surface area contributed by atoms with Gasteiger partial charge in [0.25, 0.3) is 0 Å². The third kappa shape index (κ3) is 6.24. The highest BCUT2D eigenvalue weighted by atomic mass is 19.1. The molecule has 0 saturated carbocycles. The third-order valence-corrected chi connectivity index (χ3v) is 6.34. The Labute approximate surface area is 164 Å². The molecule has 1 aromatic carbocycles. The fourth-order valence-electron chi connectivity index (χ4n) is 4.52. The molecule has 2 heterocycles. The van der Waals surface area contributed by atoms with Crippen molar-refractivity contribution >= 4 is 0 Å². The van der Waals surface area contributed by atoms with Crippen molar-refractivity contribution in [3.63, 3.8) is 0 Å². The van der Waals surface area contributed by atoms with E-state index in [0.717, 1.165) is 44.3 Å². The van der Waals surface area contributed by atoms with Crippen LogP contribution in [0.3, 0.4) is 0 Å². The summed E-state index contributed by atoms with van der Waals surface area (Å²) < 4.78 is 19.3. The maximum Gasteiger partial charge on any atom is 0.127 e. The van der Waals surface area contributed by atoms with Crippen LogP contribution in [0.15, 0.2) is 24.3 Å². The van der Waals surface area contributed by atoms with Crippen molar-refractivity contribution in [2.45, 2.75) is 38.3 Å². The molecular weight excluding hydrogens is 341 g/mol. The summed E-state index contributed by atoms with van der Waals surface area (Å²) in [6, 6.07) is 7.88. The van der Waals surface area contributed by atoms with Gasteiger partial charge in [-0.3, -0.25) is 9.80 Å². The molecule has 0 spiro atoms. The molecule has 27 heavy (non-hydrogen) atoms. The quantitative estimate of drug-likeness (QED) is 0.693. The van der Waals surface area contributed by atoms with Gasteiger partial charge in [-0.2, -0.15) is 0 Å². The van der Waals surface area contributed by atoms with Gasteiger partial charge in [0.15, 0.2) is 0 Å². The lowest BCUT2D eigenvalue weighted by Gasteiger charge is -2.40. The number of nitrogens with zero attached hydrogens (tertiary/aromatic N) is 3. The molecule has 0 aromatic heterocycles. The Morgan fingerprint density at radius 1 is 1.07 bits per heavy atom. The predicted molar refractivity (Wildman–Crippen MR) is 108 cm³/mol. The van der Waals surface area contributed by atoms with Crippen molar-refractivity contribution in [2.24, 2.45) is 5.92 Å². The van der Waals surface area contributed by atoms with Gasteiger partial charge in [-0.25, -0.2) is 4.39 Å². The van der Waals surface area contributed by atoms with E-state index in [1.165, 1.54) is 45.3 Å². The zero-order valence-electron chi connectivity index (χ0n) is 17.1. The lowest BCUT2D eigenvalue weighted by atomic mass is 9.94. The molecular formula is C22H36FN3O. The van der Waals surface area contributed by atoms with Crippen molar-refractivity contribution in [1.82, 2.24) is 14.7 Å². The molecule has 0 radical (unpaired) electrons. The molecule has 0 unspecified atom stereocenters. The van der Waals surface area contributed by atoms with Crippen LogP contribution >= 0.6 is 0 Å². The fraction of sp³-hybridized carbons (Fsp3) is 0.727. The number of hydrogen-bond donors (Lipinski definition) is 0. The molecule has 3 rings (SSSR count). The number of benzene rings is 1. The Balaban J connectivity index is 1.47. The van der Waals surface area contributed by atoms with E-state index in [1.54, 1.807) is 19.2 Å². The summed E-state index contributed by atoms with van der Waals surface area (Å²) in [6.07, 6.45) is 4.97. The van der Waals surface area contributed by atoms with Crippen LogP contribution in [0.1, 0.15) is 31.2 Å². The van der Waals surface area contributed by atoms with Gasteiger partial charge < -0.3 is 9.64 Å². The number of likely N-dealkylation sites (tertiary alicyclic amines) is 2. The Morgan fingerprint density at radius 2 is 1.78 bits per heavy atom. The average molecular weight is 378 g/mol. The first-order chi connectivity index (χ1) is 13.2. The Kier molecular flexibility index (Phi) is 8.07. The largest absolute Gasteiger partial charge is 0.383 e. The predicted octanol–water partition coefficient (Wildman–Crippen LogP) is 3.08. The molecule has 0 aliphatic carbocycles. The van der Waals surface area contributed by atoms with E-state index in [9.17, 15) is 4.39 Å². The van der Waals surface area contributed by atoms with Crippen LogP contribution < -0.4 is 0 Å². The van der Waals surface area contributed by atoms with Crippen LogP contribution in [0.5, 0.6) is 0 Å². The lowest BCUT2D eigenvalue weighted by molar-refractivity contribution is 0.0592. The number of halogens is 1. The highest BCUT2D eigenvalue weighted by molar-refractivity contribution is 5.17. The molecule has 2 fully saturated rings. The summed E-state index contributed by atoms with van der Waals surface area (Å²) in [4.78, 5) is 7.53. The SMILES string of the molecule is COCCN(CC1CCN(Cc2ccccc2F)CC1)C1CCN(C)CC1. The number of hydrogen-bond acceptors (Lipinski definition) is 4. The first-order valence-corrected chi connectivity index (χ1v) is 10.5. The summed E-state index contributed by atoms with van der Waals surface area (Å²) in [7, 11) is 4.02. The maximum absolute atomic E-state index is 13.9. The topological polar surface area (TPSA) is 19.0 Å². The van der Waals surface area contributed by atoms with E-state index in [4.69, 9.17) is 4.74 Å². The van der Waals surface area contributed by atoms with Crippen LogP contribution in [0.2, 0.25) is 0 Å². The van der Waals surface area contributed by atoms with Gasteiger partial charge in [-0.15, -0.1) is 0 Å². The molecule has 4 nitrogen and oxygen atoms in total. The standard InChI is InChI=1S/C22H36FN3O/c1-24-11-9-21(10-12-24)26(15-16-27-2)17-19-7-13-25(14-8-19)18-20-5-3-4-6-22(20)23/h3-6,19,21H,7-18H2,1-2H3. The fourth-order valence-corrected chi connectivity index (χ4v) is 4.52. The zero-order chi connectivity index (χ0) is 19.1. The van der Waals surface area contributed by atoms with Crippen molar-refractivity contribution in [1.29, 1.82) is 0 Å². The summed E-state index contributed by atoms with van der Waals surface area (Å²) in [6.45, 7) is 8.34. The molecule has 1 aromatic rings. The van der Waals surface area contributed by atoms with Crippen LogP contribution in [0.4, 0.5) is 4.39 Å². The first-order valence-electron chi connectivity index (χ1n) is 10.5. The average Bonchev–Trinajstić information content (AvgIpc) is 2.69. The number of methoxy groups -OCH3 is 1. The summed E-state index contributed by atoms with van der Waals surface area (Å²) in [5, 5.41) is 0. The highest BCUT2D eigenvalue weighted by Gasteiger charge is 2.27. The van der Waals surface area contributed by atoms with Gasteiger partial charge in [0, 0.05) is 38.3 Å². The second kappa shape index (κ2) is 10.5. The molecule has 2 aliphatic heterocycles. The van der Waals surface area contributed by atoms with Crippen molar-refractivity contribution < 1.29 is 9.13 Å². The van der Waals surface area contributed by atoms with Crippen molar-refractivity contribution in [2.75, 3.05) is 60.0 Å². The van der Waals surface area contributed by atoms with Crippen molar-refractivity contribution in [3.8, 4) is 0 Å². The van der Waals surface area contributed by atoms with Gasteiger partial charge in [-0.05, 0) is 70.9 Å². The normalized spacial score (nSPS) is 21.2. The minimum Gasteiger partial charge on any atom is -0.383 e. The van der Waals surface area contributed by atoms with Crippen LogP contribution in [-0.4, -0.2) is 80.8 Å². The van der Waals surface area contributed by atoms with E-state index in [-0.39, 0.29) is 5.82 Å². The Bertz CT molecular complexity index is 554. The zero-order valence-corrected chi connectivity index (χ0v) is 17.1. The minimum atomic E-state index is -0.0763. The molecule has 0 N–H and O–H groups in total. The molecule has 2 saturated heterocycles. The van der Waals surface area contributed by atoms with Gasteiger partial charge >= 0.3 is 0 Å². The minimum absolute atomic E-state index is 0.0763. The lowest BCUT2D eigenvalue weighted by Crippen LogP contribution is -2.48. The third-order valence-electron chi connectivity index (χ3n) is 6.34. The van der Waals surface area contributed by atoms with Crippen molar-refractivity contribution in [3.05, 3.63) is 35.6 Å². The number of rotatable bonds is 8. The van der Waals surface area contributed by atoms with Gasteiger partial charge in [0.1, 0.15) is 5.82 Å². The highest BCUT2D eigenvalue weighted by Crippen LogP contribution is 2.24. The molecule has 2 aliphatic rings. The summed E-state index contributed by atoms with van der Waals surface area (Å²) in [5.41, 5.74) is 0.823. The summed E-state index contributed by atoms with van der Waals surface area (Å²) in [5.74, 6) is 0.672. The van der Waals surface area contributed by atoms with E-state index >= 15 is 0 Å². The van der Waals surface area contributed by atoms with Gasteiger partial charge in [0.05, 0.1) is 6.61 Å². The number of ether oxygens (including phenoxy) is 1. The van der Waals surface area contributed by atoms with E-state index in [1.807, 2.05) is 12.1 Å². The molecule has 0 atom stereocenters. The number of piperidine rings is 2. The van der Waals surface area contributed by atoms with Crippen LogP contribution in [0, 0.1) is 11.7 Å². The molecule has 152 valence electrons. The van der Waals surface area contributed by atoms with E-state index < -0.39 is 0 Å². The molecule has 5 heteroatoms.